The number of aliphatic carboxylic acids is 1. The molecule has 0 bridgehead atoms. The Morgan fingerprint density at radius 3 is 2.65 bits per heavy atom. The molecule has 0 amide bonds. The van der Waals surface area contributed by atoms with Crippen molar-refractivity contribution in [1.29, 1.82) is 0 Å². The molecule has 2 N–H and O–H groups in total. The van der Waals surface area contributed by atoms with E-state index in [-0.39, 0.29) is 12.4 Å². The SMILES string of the molecule is CCOC(=O)CCc1cc(SC)ccc1C(O)C(=O)O. The largest absolute Gasteiger partial charge is 0.479 e. The van der Waals surface area contributed by atoms with Crippen LogP contribution in [0.25, 0.3) is 0 Å². The van der Waals surface area contributed by atoms with Crippen molar-refractivity contribution < 1.29 is 24.5 Å². The number of hydrogen-bond acceptors (Lipinski definition) is 5. The third-order valence-electron chi connectivity index (χ3n) is 2.78. The van der Waals surface area contributed by atoms with Gasteiger partial charge in [0, 0.05) is 11.3 Å². The molecule has 0 radical (unpaired) electrons. The first-order chi connectivity index (χ1) is 9.49. The molecule has 0 heterocycles. The third-order valence-corrected chi connectivity index (χ3v) is 3.51. The van der Waals surface area contributed by atoms with E-state index in [1.54, 1.807) is 25.1 Å². The molecule has 0 aromatic heterocycles. The minimum atomic E-state index is -1.58. The highest BCUT2D eigenvalue weighted by atomic mass is 32.2. The third kappa shape index (κ3) is 4.54. The molecule has 1 atom stereocenters. The maximum Gasteiger partial charge on any atom is 0.337 e. The van der Waals surface area contributed by atoms with Gasteiger partial charge in [-0.15, -0.1) is 11.8 Å². The lowest BCUT2D eigenvalue weighted by molar-refractivity contribution is -0.147. The number of thioether (sulfide) groups is 1. The summed E-state index contributed by atoms with van der Waals surface area (Å²) in [5.41, 5.74) is 0.972. The molecule has 0 spiro atoms. The van der Waals surface area contributed by atoms with Gasteiger partial charge in [0.2, 0.25) is 0 Å². The summed E-state index contributed by atoms with van der Waals surface area (Å²) >= 11 is 1.51. The van der Waals surface area contributed by atoms with Crippen LogP contribution in [0.4, 0.5) is 0 Å². The standard InChI is InChI=1S/C14H18O5S/c1-3-19-12(15)7-4-9-8-10(20-2)5-6-11(9)13(16)14(17)18/h5-6,8,13,16H,3-4,7H2,1-2H3,(H,17,18). The van der Waals surface area contributed by atoms with Gasteiger partial charge in [0.1, 0.15) is 0 Å². The molecule has 1 unspecified atom stereocenters. The number of carboxylic acid groups (broad SMARTS) is 1. The van der Waals surface area contributed by atoms with Crippen molar-refractivity contribution in [2.24, 2.45) is 0 Å². The Morgan fingerprint density at radius 2 is 2.10 bits per heavy atom. The zero-order valence-corrected chi connectivity index (χ0v) is 12.3. The molecule has 0 aliphatic rings. The van der Waals surface area contributed by atoms with Crippen LogP contribution in [0.1, 0.15) is 30.6 Å². The Labute approximate surface area is 121 Å². The lowest BCUT2D eigenvalue weighted by Gasteiger charge is -2.13. The van der Waals surface area contributed by atoms with Crippen LogP contribution in [-0.4, -0.2) is 35.0 Å². The molecule has 0 aliphatic carbocycles. The van der Waals surface area contributed by atoms with Gasteiger partial charge in [-0.25, -0.2) is 4.79 Å². The fourth-order valence-electron chi connectivity index (χ4n) is 1.80. The maximum absolute atomic E-state index is 11.4. The molecule has 5 nitrogen and oxygen atoms in total. The molecule has 0 aliphatic heterocycles. The van der Waals surface area contributed by atoms with E-state index in [2.05, 4.69) is 0 Å². The van der Waals surface area contributed by atoms with Crippen molar-refractivity contribution in [2.45, 2.75) is 30.8 Å². The van der Waals surface area contributed by atoms with E-state index in [4.69, 9.17) is 9.84 Å². The summed E-state index contributed by atoms with van der Waals surface area (Å²) in [6.07, 6.45) is 0.818. The summed E-state index contributed by atoms with van der Waals surface area (Å²) in [6, 6.07) is 5.14. The second-order valence-corrected chi connectivity index (χ2v) is 4.99. The number of carbonyl (C=O) groups excluding carboxylic acids is 1. The number of ether oxygens (including phenoxy) is 1. The van der Waals surface area contributed by atoms with Crippen molar-refractivity contribution >= 4 is 23.7 Å². The van der Waals surface area contributed by atoms with Gasteiger partial charge in [0.05, 0.1) is 6.61 Å². The summed E-state index contributed by atoms with van der Waals surface area (Å²) in [6.45, 7) is 2.04. The van der Waals surface area contributed by atoms with Crippen LogP contribution in [0.5, 0.6) is 0 Å². The second kappa shape index (κ2) is 7.91. The molecule has 0 fully saturated rings. The predicted octanol–water partition coefficient (Wildman–Crippen LogP) is 2.02. The van der Waals surface area contributed by atoms with Crippen molar-refractivity contribution in [1.82, 2.24) is 0 Å². The lowest BCUT2D eigenvalue weighted by Crippen LogP contribution is -2.14. The van der Waals surface area contributed by atoms with Gasteiger partial charge in [-0.05, 0) is 42.9 Å². The summed E-state index contributed by atoms with van der Waals surface area (Å²) in [7, 11) is 0. The summed E-state index contributed by atoms with van der Waals surface area (Å²) < 4.78 is 4.85. The van der Waals surface area contributed by atoms with Crippen LogP contribution in [0.3, 0.4) is 0 Å². The van der Waals surface area contributed by atoms with E-state index in [1.807, 2.05) is 6.26 Å². The van der Waals surface area contributed by atoms with Gasteiger partial charge in [0.15, 0.2) is 6.10 Å². The first-order valence-corrected chi connectivity index (χ1v) is 7.45. The number of carbonyl (C=O) groups is 2. The molecule has 1 rings (SSSR count). The topological polar surface area (TPSA) is 83.8 Å². The maximum atomic E-state index is 11.4. The average Bonchev–Trinajstić information content (AvgIpc) is 2.44. The number of benzene rings is 1. The highest BCUT2D eigenvalue weighted by molar-refractivity contribution is 7.98. The zero-order valence-electron chi connectivity index (χ0n) is 11.5. The quantitative estimate of drug-likeness (QED) is 0.592. The minimum Gasteiger partial charge on any atom is -0.479 e. The van der Waals surface area contributed by atoms with E-state index in [1.165, 1.54) is 11.8 Å². The molecule has 1 aromatic carbocycles. The fourth-order valence-corrected chi connectivity index (χ4v) is 2.26. The van der Waals surface area contributed by atoms with E-state index in [0.717, 1.165) is 4.90 Å². The number of carboxylic acids is 1. The second-order valence-electron chi connectivity index (χ2n) is 4.11. The Kier molecular flexibility index (Phi) is 6.54. The highest BCUT2D eigenvalue weighted by Crippen LogP contribution is 2.25. The van der Waals surface area contributed by atoms with Gasteiger partial charge < -0.3 is 14.9 Å². The minimum absolute atomic E-state index is 0.158. The van der Waals surface area contributed by atoms with Crippen LogP contribution in [0, 0.1) is 0 Å². The summed E-state index contributed by atoms with van der Waals surface area (Å²) in [5.74, 6) is -1.64. The Hall–Kier alpha value is -1.53. The van der Waals surface area contributed by atoms with Gasteiger partial charge in [-0.3, -0.25) is 4.79 Å². The van der Waals surface area contributed by atoms with Gasteiger partial charge in [-0.2, -0.15) is 0 Å². The number of aryl methyl sites for hydroxylation is 1. The fraction of sp³-hybridized carbons (Fsp3) is 0.429. The monoisotopic (exact) mass is 298 g/mol. The summed E-state index contributed by atoms with van der Waals surface area (Å²) in [4.78, 5) is 23.2. The molecule has 1 aromatic rings. The van der Waals surface area contributed by atoms with Crippen molar-refractivity contribution in [3.63, 3.8) is 0 Å². The Morgan fingerprint density at radius 1 is 1.40 bits per heavy atom. The van der Waals surface area contributed by atoms with Crippen molar-refractivity contribution in [3.8, 4) is 0 Å². The normalized spacial score (nSPS) is 11.9. The van der Waals surface area contributed by atoms with Crippen LogP contribution in [0.15, 0.2) is 23.1 Å². The van der Waals surface area contributed by atoms with E-state index < -0.39 is 12.1 Å². The van der Waals surface area contributed by atoms with Gasteiger partial charge >= 0.3 is 11.9 Å². The van der Waals surface area contributed by atoms with Gasteiger partial charge in [0.25, 0.3) is 0 Å². The molecule has 20 heavy (non-hydrogen) atoms. The molecule has 0 saturated heterocycles. The number of rotatable bonds is 7. The highest BCUT2D eigenvalue weighted by Gasteiger charge is 2.20. The Bertz CT molecular complexity index is 486. The first kappa shape index (κ1) is 16.5. The molecule has 6 heteroatoms. The van der Waals surface area contributed by atoms with Crippen LogP contribution >= 0.6 is 11.8 Å². The smallest absolute Gasteiger partial charge is 0.337 e. The van der Waals surface area contributed by atoms with E-state index in [0.29, 0.717) is 24.2 Å². The Balaban J connectivity index is 2.94. The van der Waals surface area contributed by atoms with Crippen molar-refractivity contribution in [3.05, 3.63) is 29.3 Å². The van der Waals surface area contributed by atoms with Gasteiger partial charge in [-0.1, -0.05) is 6.07 Å². The summed E-state index contributed by atoms with van der Waals surface area (Å²) in [5, 5.41) is 18.6. The average molecular weight is 298 g/mol. The van der Waals surface area contributed by atoms with E-state index >= 15 is 0 Å². The molecule has 0 saturated carbocycles. The number of hydrogen-bond donors (Lipinski definition) is 2. The van der Waals surface area contributed by atoms with Crippen molar-refractivity contribution in [2.75, 3.05) is 12.9 Å². The number of aliphatic hydroxyl groups excluding tert-OH is 1. The number of aliphatic hydroxyl groups is 1. The lowest BCUT2D eigenvalue weighted by atomic mass is 9.98. The zero-order chi connectivity index (χ0) is 15.1. The van der Waals surface area contributed by atoms with Crippen LogP contribution in [0.2, 0.25) is 0 Å². The molecule has 110 valence electrons. The molecular formula is C14H18O5S. The van der Waals surface area contributed by atoms with E-state index in [9.17, 15) is 14.7 Å². The molecular weight excluding hydrogens is 280 g/mol. The van der Waals surface area contributed by atoms with Crippen LogP contribution < -0.4 is 0 Å². The predicted molar refractivity (Wildman–Crippen MR) is 75.8 cm³/mol. The number of esters is 1. The first-order valence-electron chi connectivity index (χ1n) is 6.22. The van der Waals surface area contributed by atoms with Crippen LogP contribution in [-0.2, 0) is 20.7 Å².